The van der Waals surface area contributed by atoms with E-state index >= 15 is 0 Å². The van der Waals surface area contributed by atoms with Gasteiger partial charge < -0.3 is 14.0 Å². The maximum atomic E-state index is 5.45. The van der Waals surface area contributed by atoms with E-state index in [2.05, 4.69) is 40.9 Å². The number of rotatable bonds is 6. The van der Waals surface area contributed by atoms with Gasteiger partial charge in [-0.25, -0.2) is 4.98 Å². The van der Waals surface area contributed by atoms with Gasteiger partial charge in [-0.05, 0) is 32.0 Å². The van der Waals surface area contributed by atoms with Crippen molar-refractivity contribution in [3.05, 3.63) is 35.1 Å². The summed E-state index contributed by atoms with van der Waals surface area (Å²) in [5, 5.41) is 12.7. The normalized spacial score (nSPS) is 12.9. The summed E-state index contributed by atoms with van der Waals surface area (Å²) in [6.07, 6.45) is 0.886. The summed E-state index contributed by atoms with van der Waals surface area (Å²) in [5.41, 5.74) is 2.10. The number of benzene rings is 1. The second-order valence-electron chi connectivity index (χ2n) is 6.22. The van der Waals surface area contributed by atoms with Gasteiger partial charge in [0.1, 0.15) is 10.8 Å². The standard InChI is InChI=1S/C18H20N4O2S2/c1-4-16-20-21-18(22(16)11(2)3)26-9-13-8-25-17(19-13)12-5-6-14-15(7-12)24-10-23-14/h5-8,11H,4,9-10H2,1-3H3. The summed E-state index contributed by atoms with van der Waals surface area (Å²) in [5.74, 6) is 3.38. The zero-order valence-corrected chi connectivity index (χ0v) is 16.6. The summed E-state index contributed by atoms with van der Waals surface area (Å²) in [6, 6.07) is 6.29. The Morgan fingerprint density at radius 1 is 1.23 bits per heavy atom. The molecule has 3 heterocycles. The Kier molecular flexibility index (Phi) is 4.86. The van der Waals surface area contributed by atoms with Crippen molar-refractivity contribution in [3.63, 3.8) is 0 Å². The molecule has 1 aliphatic heterocycles. The number of thiazole rings is 1. The molecule has 0 atom stereocenters. The lowest BCUT2D eigenvalue weighted by atomic mass is 10.2. The number of ether oxygens (including phenoxy) is 2. The van der Waals surface area contributed by atoms with Crippen molar-refractivity contribution < 1.29 is 9.47 Å². The number of hydrogen-bond acceptors (Lipinski definition) is 7. The summed E-state index contributed by atoms with van der Waals surface area (Å²) in [6.45, 7) is 6.71. The average molecular weight is 389 g/mol. The fraction of sp³-hybridized carbons (Fsp3) is 0.389. The van der Waals surface area contributed by atoms with Crippen LogP contribution in [0.25, 0.3) is 10.6 Å². The number of aromatic nitrogens is 4. The Morgan fingerprint density at radius 3 is 2.88 bits per heavy atom. The van der Waals surface area contributed by atoms with Crippen LogP contribution in [0.15, 0.2) is 28.7 Å². The molecule has 0 amide bonds. The highest BCUT2D eigenvalue weighted by atomic mass is 32.2. The third-order valence-corrected chi connectivity index (χ3v) is 6.01. The zero-order valence-electron chi connectivity index (χ0n) is 14.9. The van der Waals surface area contributed by atoms with E-state index in [9.17, 15) is 0 Å². The van der Waals surface area contributed by atoms with Crippen LogP contribution in [0.4, 0.5) is 0 Å². The van der Waals surface area contributed by atoms with E-state index in [1.807, 2.05) is 18.2 Å². The van der Waals surface area contributed by atoms with Gasteiger partial charge in [0.05, 0.1) is 5.69 Å². The molecular formula is C18H20N4O2S2. The van der Waals surface area contributed by atoms with Gasteiger partial charge in [-0.3, -0.25) is 0 Å². The van der Waals surface area contributed by atoms with Gasteiger partial charge >= 0.3 is 0 Å². The molecule has 1 aliphatic rings. The first kappa shape index (κ1) is 17.4. The molecule has 0 fully saturated rings. The molecule has 3 aromatic rings. The average Bonchev–Trinajstić information content (AvgIpc) is 3.37. The monoisotopic (exact) mass is 388 g/mol. The topological polar surface area (TPSA) is 62.1 Å². The van der Waals surface area contributed by atoms with Gasteiger partial charge in [-0.2, -0.15) is 0 Å². The molecule has 2 aromatic heterocycles. The molecular weight excluding hydrogens is 368 g/mol. The largest absolute Gasteiger partial charge is 0.454 e. The van der Waals surface area contributed by atoms with E-state index in [1.54, 1.807) is 23.1 Å². The molecule has 4 rings (SSSR count). The minimum Gasteiger partial charge on any atom is -0.454 e. The summed E-state index contributed by atoms with van der Waals surface area (Å²) in [4.78, 5) is 4.77. The molecule has 0 saturated carbocycles. The van der Waals surface area contributed by atoms with E-state index < -0.39 is 0 Å². The van der Waals surface area contributed by atoms with Crippen LogP contribution in [0.3, 0.4) is 0 Å². The van der Waals surface area contributed by atoms with Crippen molar-refractivity contribution in [3.8, 4) is 22.1 Å². The Labute approximate surface area is 160 Å². The highest BCUT2D eigenvalue weighted by Gasteiger charge is 2.17. The molecule has 0 N–H and O–H groups in total. The first-order chi connectivity index (χ1) is 12.7. The van der Waals surface area contributed by atoms with Gasteiger partial charge in [-0.15, -0.1) is 21.5 Å². The molecule has 26 heavy (non-hydrogen) atoms. The molecule has 0 saturated heterocycles. The summed E-state index contributed by atoms with van der Waals surface area (Å²) in [7, 11) is 0. The predicted molar refractivity (Wildman–Crippen MR) is 103 cm³/mol. The maximum Gasteiger partial charge on any atom is 0.231 e. The van der Waals surface area contributed by atoms with Crippen molar-refractivity contribution >= 4 is 23.1 Å². The van der Waals surface area contributed by atoms with Crippen molar-refractivity contribution in [1.82, 2.24) is 19.7 Å². The van der Waals surface area contributed by atoms with Crippen LogP contribution in [-0.4, -0.2) is 26.5 Å². The number of nitrogens with zero attached hydrogens (tertiary/aromatic N) is 4. The van der Waals surface area contributed by atoms with Crippen LogP contribution in [0.2, 0.25) is 0 Å². The van der Waals surface area contributed by atoms with Gasteiger partial charge in [0.2, 0.25) is 6.79 Å². The van der Waals surface area contributed by atoms with E-state index in [4.69, 9.17) is 14.5 Å². The second-order valence-corrected chi connectivity index (χ2v) is 8.02. The Hall–Kier alpha value is -2.06. The van der Waals surface area contributed by atoms with E-state index in [-0.39, 0.29) is 6.79 Å². The maximum absolute atomic E-state index is 5.45. The molecule has 0 radical (unpaired) electrons. The van der Waals surface area contributed by atoms with Crippen molar-refractivity contribution in [1.29, 1.82) is 0 Å². The molecule has 0 spiro atoms. The Morgan fingerprint density at radius 2 is 2.08 bits per heavy atom. The van der Waals surface area contributed by atoms with Gasteiger partial charge in [-0.1, -0.05) is 18.7 Å². The van der Waals surface area contributed by atoms with E-state index in [0.29, 0.717) is 6.04 Å². The van der Waals surface area contributed by atoms with Crippen molar-refractivity contribution in [2.45, 2.75) is 44.1 Å². The molecule has 0 aliphatic carbocycles. The van der Waals surface area contributed by atoms with Crippen LogP contribution in [-0.2, 0) is 12.2 Å². The van der Waals surface area contributed by atoms with Crippen LogP contribution in [0, 0.1) is 0 Å². The lowest BCUT2D eigenvalue weighted by Gasteiger charge is -2.12. The number of hydrogen-bond donors (Lipinski definition) is 0. The quantitative estimate of drug-likeness (QED) is 0.577. The molecule has 136 valence electrons. The SMILES string of the molecule is CCc1nnc(SCc2csc(-c3ccc4c(c3)OCO4)n2)n1C(C)C. The van der Waals surface area contributed by atoms with Crippen LogP contribution in [0.1, 0.15) is 38.3 Å². The fourth-order valence-corrected chi connectivity index (χ4v) is 4.74. The van der Waals surface area contributed by atoms with E-state index in [0.717, 1.165) is 50.9 Å². The third-order valence-electron chi connectivity index (χ3n) is 4.09. The van der Waals surface area contributed by atoms with Crippen LogP contribution >= 0.6 is 23.1 Å². The minimum absolute atomic E-state index is 0.287. The van der Waals surface area contributed by atoms with E-state index in [1.165, 1.54) is 0 Å². The minimum atomic E-state index is 0.287. The molecule has 6 nitrogen and oxygen atoms in total. The zero-order chi connectivity index (χ0) is 18.1. The lowest BCUT2D eigenvalue weighted by molar-refractivity contribution is 0.174. The molecule has 1 aromatic carbocycles. The highest BCUT2D eigenvalue weighted by Crippen LogP contribution is 2.37. The smallest absolute Gasteiger partial charge is 0.231 e. The molecule has 8 heteroatoms. The number of thioether (sulfide) groups is 1. The lowest BCUT2D eigenvalue weighted by Crippen LogP contribution is -2.07. The first-order valence-corrected chi connectivity index (χ1v) is 10.4. The highest BCUT2D eigenvalue weighted by molar-refractivity contribution is 7.98. The van der Waals surface area contributed by atoms with Crippen molar-refractivity contribution in [2.75, 3.05) is 6.79 Å². The number of fused-ring (bicyclic) bond motifs is 1. The van der Waals surface area contributed by atoms with Crippen molar-refractivity contribution in [2.24, 2.45) is 0 Å². The van der Waals surface area contributed by atoms with Crippen LogP contribution < -0.4 is 9.47 Å². The number of aryl methyl sites for hydroxylation is 1. The molecule has 0 bridgehead atoms. The van der Waals surface area contributed by atoms with Gasteiger partial charge in [0.25, 0.3) is 0 Å². The second kappa shape index (κ2) is 7.28. The summed E-state index contributed by atoms with van der Waals surface area (Å²) >= 11 is 3.32. The summed E-state index contributed by atoms with van der Waals surface area (Å²) < 4.78 is 13.0. The van der Waals surface area contributed by atoms with Crippen LogP contribution in [0.5, 0.6) is 11.5 Å². The Balaban J connectivity index is 1.49. The first-order valence-electron chi connectivity index (χ1n) is 8.56. The Bertz CT molecular complexity index is 920. The predicted octanol–water partition coefficient (Wildman–Crippen LogP) is 4.57. The van der Waals surface area contributed by atoms with Gasteiger partial charge in [0.15, 0.2) is 16.7 Å². The third kappa shape index (κ3) is 3.31. The molecule has 0 unspecified atom stereocenters. The van der Waals surface area contributed by atoms with Gasteiger partial charge in [0, 0.05) is 29.2 Å². The fourth-order valence-electron chi connectivity index (χ4n) is 2.84.